The molecule has 1 aromatic heterocycles. The zero-order valence-electron chi connectivity index (χ0n) is 13.2. The Morgan fingerprint density at radius 1 is 1.16 bits per heavy atom. The van der Waals surface area contributed by atoms with Crippen LogP contribution in [-0.4, -0.2) is 13.4 Å². The molecular formula is C18H14FN3O2S. The van der Waals surface area contributed by atoms with Crippen LogP contribution in [0.2, 0.25) is 0 Å². The van der Waals surface area contributed by atoms with E-state index < -0.39 is 15.8 Å². The maximum atomic E-state index is 13.9. The monoisotopic (exact) mass is 355 g/mol. The summed E-state index contributed by atoms with van der Waals surface area (Å²) >= 11 is 0. The van der Waals surface area contributed by atoms with E-state index >= 15 is 0 Å². The molecular weight excluding hydrogens is 341 g/mol. The summed E-state index contributed by atoms with van der Waals surface area (Å²) in [4.78, 5) is 2.93. The van der Waals surface area contributed by atoms with Gasteiger partial charge in [0.15, 0.2) is 0 Å². The molecule has 25 heavy (non-hydrogen) atoms. The lowest BCUT2D eigenvalue weighted by atomic mass is 10.1. The first-order valence-corrected chi connectivity index (χ1v) is 8.86. The van der Waals surface area contributed by atoms with Gasteiger partial charge < -0.3 is 4.98 Å². The van der Waals surface area contributed by atoms with Gasteiger partial charge in [0.25, 0.3) is 10.0 Å². The maximum absolute atomic E-state index is 13.9. The van der Waals surface area contributed by atoms with Crippen molar-refractivity contribution in [3.8, 4) is 17.3 Å². The predicted molar refractivity (Wildman–Crippen MR) is 92.9 cm³/mol. The van der Waals surface area contributed by atoms with Crippen molar-refractivity contribution < 1.29 is 12.8 Å². The summed E-state index contributed by atoms with van der Waals surface area (Å²) in [5.41, 5.74) is 2.44. The first kappa shape index (κ1) is 16.7. The molecule has 3 aromatic rings. The van der Waals surface area contributed by atoms with Crippen LogP contribution in [0.3, 0.4) is 0 Å². The van der Waals surface area contributed by atoms with Gasteiger partial charge in [0.05, 0.1) is 17.3 Å². The smallest absolute Gasteiger partial charge is 0.263 e. The molecule has 3 rings (SSSR count). The van der Waals surface area contributed by atoms with Crippen LogP contribution < -0.4 is 4.72 Å². The molecule has 0 radical (unpaired) electrons. The van der Waals surface area contributed by atoms with E-state index in [1.54, 1.807) is 6.07 Å². The van der Waals surface area contributed by atoms with Crippen molar-refractivity contribution in [3.05, 3.63) is 71.7 Å². The third-order valence-electron chi connectivity index (χ3n) is 3.74. The van der Waals surface area contributed by atoms with Gasteiger partial charge in [0.1, 0.15) is 10.7 Å². The number of sulfonamides is 1. The zero-order chi connectivity index (χ0) is 18.0. The van der Waals surface area contributed by atoms with Crippen molar-refractivity contribution in [2.75, 3.05) is 4.72 Å². The molecule has 1 heterocycles. The molecule has 0 saturated heterocycles. The molecule has 0 unspecified atom stereocenters. The summed E-state index contributed by atoms with van der Waals surface area (Å²) in [7, 11) is -3.96. The number of nitrogens with zero attached hydrogens (tertiary/aromatic N) is 1. The molecule has 0 bridgehead atoms. The Bertz CT molecular complexity index is 1080. The summed E-state index contributed by atoms with van der Waals surface area (Å²) in [6.07, 6.45) is 1.35. The van der Waals surface area contributed by atoms with E-state index in [1.807, 2.05) is 31.2 Å². The zero-order valence-corrected chi connectivity index (χ0v) is 14.1. The van der Waals surface area contributed by atoms with Gasteiger partial charge in [-0.1, -0.05) is 24.3 Å². The Labute approximate surface area is 144 Å². The van der Waals surface area contributed by atoms with E-state index in [2.05, 4.69) is 9.71 Å². The largest absolute Gasteiger partial charge is 0.360 e. The third kappa shape index (κ3) is 3.39. The highest BCUT2D eigenvalue weighted by Crippen LogP contribution is 2.26. The van der Waals surface area contributed by atoms with Crippen LogP contribution >= 0.6 is 0 Å². The molecule has 0 amide bonds. The number of aromatic amines is 1. The molecule has 0 aliphatic carbocycles. The molecule has 7 heteroatoms. The van der Waals surface area contributed by atoms with Gasteiger partial charge in [-0.3, -0.25) is 4.72 Å². The number of hydrogen-bond donors (Lipinski definition) is 2. The van der Waals surface area contributed by atoms with Crippen LogP contribution in [0.25, 0.3) is 11.3 Å². The minimum atomic E-state index is -3.96. The van der Waals surface area contributed by atoms with Crippen molar-refractivity contribution in [2.45, 2.75) is 11.8 Å². The summed E-state index contributed by atoms with van der Waals surface area (Å²) in [5.74, 6) is -0.808. The number of nitriles is 1. The Kier molecular flexibility index (Phi) is 4.30. The summed E-state index contributed by atoms with van der Waals surface area (Å²) < 4.78 is 41.1. The topological polar surface area (TPSA) is 85.8 Å². The summed E-state index contributed by atoms with van der Waals surface area (Å²) in [5, 5.41) is 8.74. The summed E-state index contributed by atoms with van der Waals surface area (Å²) in [6.45, 7) is 1.93. The maximum Gasteiger partial charge on any atom is 0.263 e. The second kappa shape index (κ2) is 6.42. The minimum Gasteiger partial charge on any atom is -0.360 e. The standard InChI is InChI=1S/C18H14FN3O2S/c1-12-4-2-3-5-15(12)18-9-14(11-21-18)25(23,24)22-17-7-6-13(10-20)8-16(17)19/h2-9,11,21-22H,1H3. The van der Waals surface area contributed by atoms with Crippen molar-refractivity contribution >= 4 is 15.7 Å². The third-order valence-corrected chi connectivity index (χ3v) is 5.09. The molecule has 0 atom stereocenters. The number of H-pyrrole nitrogens is 1. The summed E-state index contributed by atoms with van der Waals surface area (Å²) in [6, 6.07) is 14.4. The second-order valence-corrected chi connectivity index (χ2v) is 7.16. The number of aromatic nitrogens is 1. The van der Waals surface area contributed by atoms with E-state index in [1.165, 1.54) is 24.4 Å². The van der Waals surface area contributed by atoms with Gasteiger partial charge in [-0.15, -0.1) is 0 Å². The van der Waals surface area contributed by atoms with E-state index in [-0.39, 0.29) is 16.1 Å². The number of rotatable bonds is 4. The number of anilines is 1. The lowest BCUT2D eigenvalue weighted by Crippen LogP contribution is -2.13. The molecule has 0 aliphatic heterocycles. The molecule has 2 N–H and O–H groups in total. The molecule has 5 nitrogen and oxygen atoms in total. The predicted octanol–water partition coefficient (Wildman–Crippen LogP) is 3.80. The molecule has 126 valence electrons. The number of halogens is 1. The van der Waals surface area contributed by atoms with Gasteiger partial charge in [0, 0.05) is 17.5 Å². The van der Waals surface area contributed by atoms with Gasteiger partial charge in [-0.2, -0.15) is 5.26 Å². The Hall–Kier alpha value is -3.11. The van der Waals surface area contributed by atoms with Crippen molar-refractivity contribution in [2.24, 2.45) is 0 Å². The van der Waals surface area contributed by atoms with Crippen molar-refractivity contribution in [3.63, 3.8) is 0 Å². The Morgan fingerprint density at radius 3 is 2.60 bits per heavy atom. The van der Waals surface area contributed by atoms with Crippen LogP contribution in [0.1, 0.15) is 11.1 Å². The van der Waals surface area contributed by atoms with E-state index in [9.17, 15) is 12.8 Å². The van der Waals surface area contributed by atoms with Crippen LogP contribution in [0, 0.1) is 24.1 Å². The normalized spacial score (nSPS) is 11.1. The van der Waals surface area contributed by atoms with Crippen molar-refractivity contribution in [1.82, 2.24) is 4.98 Å². The van der Waals surface area contributed by atoms with Gasteiger partial charge in [-0.05, 0) is 36.8 Å². The second-order valence-electron chi connectivity index (χ2n) is 5.48. The van der Waals surface area contributed by atoms with Crippen LogP contribution in [-0.2, 0) is 10.0 Å². The minimum absolute atomic E-state index is 0.00508. The SMILES string of the molecule is Cc1ccccc1-c1cc(S(=O)(=O)Nc2ccc(C#N)cc2F)c[nH]1. The van der Waals surface area contributed by atoms with E-state index in [0.717, 1.165) is 17.2 Å². The number of aryl methyl sites for hydroxylation is 1. The molecule has 2 aromatic carbocycles. The number of benzene rings is 2. The number of hydrogen-bond acceptors (Lipinski definition) is 3. The van der Waals surface area contributed by atoms with Crippen LogP contribution in [0.5, 0.6) is 0 Å². The van der Waals surface area contributed by atoms with E-state index in [4.69, 9.17) is 5.26 Å². The lowest BCUT2D eigenvalue weighted by Gasteiger charge is -2.07. The highest BCUT2D eigenvalue weighted by molar-refractivity contribution is 7.92. The fourth-order valence-corrected chi connectivity index (χ4v) is 3.49. The van der Waals surface area contributed by atoms with Gasteiger partial charge in [-0.25, -0.2) is 12.8 Å². The highest BCUT2D eigenvalue weighted by atomic mass is 32.2. The lowest BCUT2D eigenvalue weighted by molar-refractivity contribution is 0.598. The average molecular weight is 355 g/mol. The van der Waals surface area contributed by atoms with Crippen LogP contribution in [0.15, 0.2) is 59.6 Å². The fraction of sp³-hybridized carbons (Fsp3) is 0.0556. The Morgan fingerprint density at radius 2 is 1.92 bits per heavy atom. The first-order chi connectivity index (χ1) is 11.9. The molecule has 0 aliphatic rings. The van der Waals surface area contributed by atoms with Crippen molar-refractivity contribution in [1.29, 1.82) is 5.26 Å². The van der Waals surface area contributed by atoms with Crippen LogP contribution in [0.4, 0.5) is 10.1 Å². The molecule has 0 fully saturated rings. The van der Waals surface area contributed by atoms with Gasteiger partial charge in [0.2, 0.25) is 0 Å². The molecule has 0 saturated carbocycles. The average Bonchev–Trinajstić information content (AvgIpc) is 3.08. The molecule has 0 spiro atoms. The number of nitrogens with one attached hydrogen (secondary N) is 2. The van der Waals surface area contributed by atoms with Gasteiger partial charge >= 0.3 is 0 Å². The highest BCUT2D eigenvalue weighted by Gasteiger charge is 2.19. The first-order valence-electron chi connectivity index (χ1n) is 7.37. The quantitative estimate of drug-likeness (QED) is 0.746. The fourth-order valence-electron chi connectivity index (χ4n) is 2.43. The van der Waals surface area contributed by atoms with E-state index in [0.29, 0.717) is 5.69 Å². The Balaban J connectivity index is 1.92.